The van der Waals surface area contributed by atoms with E-state index in [1.54, 1.807) is 19.1 Å². The fourth-order valence-corrected chi connectivity index (χ4v) is 7.03. The summed E-state index contributed by atoms with van der Waals surface area (Å²) < 4.78 is 51.2. The van der Waals surface area contributed by atoms with Gasteiger partial charge in [0.1, 0.15) is 5.00 Å². The molecule has 0 saturated heterocycles. The first-order valence-corrected chi connectivity index (χ1v) is 13.0. The van der Waals surface area contributed by atoms with E-state index in [0.29, 0.717) is 13.0 Å². The lowest BCUT2D eigenvalue weighted by atomic mass is 10.2. The van der Waals surface area contributed by atoms with Crippen molar-refractivity contribution in [3.8, 4) is 0 Å². The van der Waals surface area contributed by atoms with Crippen molar-refractivity contribution in [1.82, 2.24) is 4.98 Å². The van der Waals surface area contributed by atoms with Gasteiger partial charge in [-0.15, -0.1) is 0 Å². The lowest BCUT2D eigenvalue weighted by molar-refractivity contribution is 0.589. The van der Waals surface area contributed by atoms with E-state index in [0.717, 1.165) is 22.5 Å². The van der Waals surface area contributed by atoms with Gasteiger partial charge in [-0.2, -0.15) is 0 Å². The Kier molecular flexibility index (Phi) is 6.40. The fraction of sp³-hybridized carbons (Fsp3) is 0.250. The smallest absolute Gasteiger partial charge is 0.226 e. The highest BCUT2D eigenvalue weighted by Crippen LogP contribution is 2.35. The van der Waals surface area contributed by atoms with Gasteiger partial charge >= 0.3 is 0 Å². The van der Waals surface area contributed by atoms with Crippen LogP contribution in [0.25, 0.3) is 0 Å². The summed E-state index contributed by atoms with van der Waals surface area (Å²) >= 11 is 0.861. The van der Waals surface area contributed by atoms with Gasteiger partial charge in [0, 0.05) is 6.54 Å². The van der Waals surface area contributed by atoms with Crippen LogP contribution in [0.15, 0.2) is 68.9 Å². The van der Waals surface area contributed by atoms with Gasteiger partial charge in [-0.1, -0.05) is 66.3 Å². The van der Waals surface area contributed by atoms with E-state index < -0.39 is 19.7 Å². The van der Waals surface area contributed by atoms with Crippen LogP contribution in [0.4, 0.5) is 5.00 Å². The summed E-state index contributed by atoms with van der Waals surface area (Å²) in [5.74, 6) is -0.0807. The quantitative estimate of drug-likeness (QED) is 0.556. The van der Waals surface area contributed by atoms with Crippen LogP contribution in [0.1, 0.15) is 24.5 Å². The molecule has 0 aliphatic carbocycles. The van der Waals surface area contributed by atoms with Crippen molar-refractivity contribution < 1.29 is 16.8 Å². The molecular weight excluding hydrogens is 428 g/mol. The molecule has 1 heterocycles. The van der Waals surface area contributed by atoms with Gasteiger partial charge in [-0.25, -0.2) is 21.8 Å². The number of nitrogens with zero attached hydrogens (tertiary/aromatic N) is 1. The average molecular weight is 451 g/mol. The normalized spacial score (nSPS) is 12.1. The van der Waals surface area contributed by atoms with Crippen LogP contribution in [0.2, 0.25) is 0 Å². The van der Waals surface area contributed by atoms with Crippen LogP contribution >= 0.6 is 11.3 Å². The zero-order chi connectivity index (χ0) is 21.1. The van der Waals surface area contributed by atoms with Crippen molar-refractivity contribution in [2.24, 2.45) is 0 Å². The van der Waals surface area contributed by atoms with Crippen LogP contribution in [0.3, 0.4) is 0 Å². The summed E-state index contributed by atoms with van der Waals surface area (Å²) in [6.45, 7) is 3.97. The number of rotatable bonds is 8. The van der Waals surface area contributed by atoms with E-state index in [1.165, 1.54) is 12.1 Å². The second-order valence-electron chi connectivity index (χ2n) is 6.59. The fourth-order valence-electron chi connectivity index (χ4n) is 2.68. The molecule has 0 bridgehead atoms. The first-order valence-electron chi connectivity index (χ1n) is 9.07. The minimum atomic E-state index is -3.97. The Hall–Kier alpha value is -2.23. The molecule has 0 atom stereocenters. The first-order chi connectivity index (χ1) is 13.7. The molecule has 3 rings (SSSR count). The molecule has 0 saturated carbocycles. The number of benzene rings is 2. The maximum Gasteiger partial charge on any atom is 0.226 e. The number of sulfone groups is 2. The van der Waals surface area contributed by atoms with Crippen molar-refractivity contribution in [1.29, 1.82) is 0 Å². The van der Waals surface area contributed by atoms with E-state index >= 15 is 0 Å². The van der Waals surface area contributed by atoms with Crippen LogP contribution in [-0.2, 0) is 26.2 Å². The number of anilines is 1. The zero-order valence-corrected chi connectivity index (χ0v) is 18.6. The molecular formula is C20H22N2O4S3. The molecule has 0 spiro atoms. The molecule has 29 heavy (non-hydrogen) atoms. The van der Waals surface area contributed by atoms with Gasteiger partial charge in [0.25, 0.3) is 0 Å². The molecule has 0 fully saturated rings. The Morgan fingerprint density at radius 3 is 2.24 bits per heavy atom. The summed E-state index contributed by atoms with van der Waals surface area (Å²) in [7, 11) is -7.61. The van der Waals surface area contributed by atoms with Crippen molar-refractivity contribution >= 4 is 36.0 Å². The van der Waals surface area contributed by atoms with E-state index in [2.05, 4.69) is 10.3 Å². The number of hydrogen-bond donors (Lipinski definition) is 1. The van der Waals surface area contributed by atoms with Gasteiger partial charge in [0.05, 0.1) is 10.6 Å². The maximum atomic E-state index is 13.2. The third-order valence-electron chi connectivity index (χ3n) is 4.20. The minimum Gasteiger partial charge on any atom is -0.370 e. The Morgan fingerprint density at radius 1 is 0.966 bits per heavy atom. The van der Waals surface area contributed by atoms with Crippen molar-refractivity contribution in [3.05, 3.63) is 65.7 Å². The topological polar surface area (TPSA) is 93.2 Å². The summed E-state index contributed by atoms with van der Waals surface area (Å²) in [6, 6.07) is 15.9. The SMILES string of the molecule is CCCS(=O)(=O)c1nc(S(=O)(=O)c2ccc(C)cc2)c(NCc2ccccc2)s1. The van der Waals surface area contributed by atoms with Crippen LogP contribution in [0, 0.1) is 6.92 Å². The third-order valence-corrected chi connectivity index (χ3v) is 9.41. The van der Waals surface area contributed by atoms with E-state index in [4.69, 9.17) is 0 Å². The lowest BCUT2D eigenvalue weighted by Gasteiger charge is -2.07. The highest BCUT2D eigenvalue weighted by Gasteiger charge is 2.30. The summed E-state index contributed by atoms with van der Waals surface area (Å²) in [5, 5.41) is 3.04. The number of hydrogen-bond acceptors (Lipinski definition) is 7. The van der Waals surface area contributed by atoms with Gasteiger partial charge in [0.2, 0.25) is 24.0 Å². The highest BCUT2D eigenvalue weighted by atomic mass is 32.2. The van der Waals surface area contributed by atoms with Gasteiger partial charge in [-0.3, -0.25) is 0 Å². The number of thiazole rings is 1. The van der Waals surface area contributed by atoms with Crippen LogP contribution < -0.4 is 5.32 Å². The number of nitrogens with one attached hydrogen (secondary N) is 1. The molecule has 0 amide bonds. The van der Waals surface area contributed by atoms with Crippen LogP contribution in [0.5, 0.6) is 0 Å². The molecule has 2 aromatic carbocycles. The Morgan fingerprint density at radius 2 is 1.62 bits per heavy atom. The second kappa shape index (κ2) is 8.64. The van der Waals surface area contributed by atoms with Gasteiger partial charge in [0.15, 0.2) is 5.03 Å². The predicted molar refractivity (Wildman–Crippen MR) is 115 cm³/mol. The summed E-state index contributed by atoms with van der Waals surface area (Å²) in [5.41, 5.74) is 1.87. The van der Waals surface area contributed by atoms with Gasteiger partial charge in [-0.05, 0) is 31.0 Å². The molecule has 1 N–H and O–H groups in total. The predicted octanol–water partition coefficient (Wildman–Crippen LogP) is 4.08. The average Bonchev–Trinajstić information content (AvgIpc) is 3.14. The van der Waals surface area contributed by atoms with Crippen molar-refractivity contribution in [3.63, 3.8) is 0 Å². The molecule has 0 aliphatic heterocycles. The standard InChI is InChI=1S/C20H22N2O4S3/c1-3-13-28(23,24)20-22-19(29(25,26)17-11-9-15(2)10-12-17)18(27-20)21-14-16-7-5-4-6-8-16/h4-12,21H,3,13-14H2,1-2H3. The molecule has 6 nitrogen and oxygen atoms in total. The van der Waals surface area contributed by atoms with E-state index in [9.17, 15) is 16.8 Å². The second-order valence-corrected chi connectivity index (χ2v) is 11.7. The third kappa shape index (κ3) is 4.85. The number of aryl methyl sites for hydroxylation is 1. The number of aromatic nitrogens is 1. The molecule has 0 unspecified atom stereocenters. The molecule has 3 aromatic rings. The first kappa shape index (κ1) is 21.5. The van der Waals surface area contributed by atoms with Crippen molar-refractivity contribution in [2.75, 3.05) is 11.1 Å². The summed E-state index contributed by atoms with van der Waals surface area (Å²) in [6.07, 6.45) is 0.425. The van der Waals surface area contributed by atoms with E-state index in [1.807, 2.05) is 37.3 Å². The van der Waals surface area contributed by atoms with E-state index in [-0.39, 0.29) is 25.0 Å². The van der Waals surface area contributed by atoms with Crippen molar-refractivity contribution in [2.45, 2.75) is 41.1 Å². The monoisotopic (exact) mass is 450 g/mol. The highest BCUT2D eigenvalue weighted by molar-refractivity contribution is 7.94. The van der Waals surface area contributed by atoms with Crippen LogP contribution in [-0.4, -0.2) is 27.6 Å². The molecule has 0 radical (unpaired) electrons. The Bertz CT molecular complexity index is 1180. The Balaban J connectivity index is 2.05. The molecule has 0 aliphatic rings. The molecule has 154 valence electrons. The Labute approximate surface area is 175 Å². The summed E-state index contributed by atoms with van der Waals surface area (Å²) in [4.78, 5) is 4.14. The zero-order valence-electron chi connectivity index (χ0n) is 16.1. The van der Waals surface area contributed by atoms with Gasteiger partial charge < -0.3 is 5.32 Å². The molecule has 9 heteroatoms. The lowest BCUT2D eigenvalue weighted by Crippen LogP contribution is -2.09. The molecule has 1 aromatic heterocycles. The minimum absolute atomic E-state index is 0.0793. The maximum absolute atomic E-state index is 13.2. The largest absolute Gasteiger partial charge is 0.370 e.